The highest BCUT2D eigenvalue weighted by Gasteiger charge is 2.39. The van der Waals surface area contributed by atoms with Crippen LogP contribution in [-0.2, 0) is 19.4 Å². The van der Waals surface area contributed by atoms with Crippen LogP contribution in [0.3, 0.4) is 0 Å². The highest BCUT2D eigenvalue weighted by Crippen LogP contribution is 2.31. The highest BCUT2D eigenvalue weighted by atomic mass is 32.2. The molecule has 0 atom stereocenters. The van der Waals surface area contributed by atoms with Gasteiger partial charge >= 0.3 is 0 Å². The molecule has 2 heterocycles. The molecule has 1 fully saturated rings. The molecule has 1 aromatic rings. The quantitative estimate of drug-likeness (QED) is 0.704. The van der Waals surface area contributed by atoms with Crippen LogP contribution in [-0.4, -0.2) is 57.1 Å². The van der Waals surface area contributed by atoms with Crippen LogP contribution in [0.2, 0.25) is 0 Å². The van der Waals surface area contributed by atoms with Gasteiger partial charge in [0.15, 0.2) is 0 Å². The Hall–Kier alpha value is -2.44. The number of nitriles is 1. The summed E-state index contributed by atoms with van der Waals surface area (Å²) in [4.78, 5) is 14.0. The lowest BCUT2D eigenvalue weighted by Crippen LogP contribution is -2.47. The van der Waals surface area contributed by atoms with Crippen molar-refractivity contribution in [3.63, 3.8) is 0 Å². The molecule has 0 N–H and O–H groups in total. The number of sulfone groups is 1. The predicted octanol–water partition coefficient (Wildman–Crippen LogP) is -0.0238. The fourth-order valence-electron chi connectivity index (χ4n) is 2.47. The lowest BCUT2D eigenvalue weighted by Gasteiger charge is -2.30. The molecule has 1 saturated heterocycles. The van der Waals surface area contributed by atoms with Gasteiger partial charge in [0.05, 0.1) is 29.9 Å². The minimum absolute atomic E-state index is 0.0122. The number of morpholine rings is 1. The van der Waals surface area contributed by atoms with E-state index in [1.807, 2.05) is 6.07 Å². The molecule has 0 aliphatic carbocycles. The van der Waals surface area contributed by atoms with Crippen molar-refractivity contribution in [3.05, 3.63) is 24.3 Å². The maximum Gasteiger partial charge on any atom is 0.286 e. The highest BCUT2D eigenvalue weighted by molar-refractivity contribution is 8.08. The number of rotatable bonds is 2. The Balaban J connectivity index is 2.05. The normalized spacial score (nSPS) is 19.5. The number of benzene rings is 1. The van der Waals surface area contributed by atoms with Gasteiger partial charge in [-0.3, -0.25) is 4.79 Å². The van der Waals surface area contributed by atoms with E-state index in [4.69, 9.17) is 10.00 Å². The van der Waals surface area contributed by atoms with E-state index in [0.717, 1.165) is 0 Å². The molecule has 2 aliphatic heterocycles. The maximum absolute atomic E-state index is 12.7. The van der Waals surface area contributed by atoms with Gasteiger partial charge in [0.2, 0.25) is 14.9 Å². The first kappa shape index (κ1) is 15.5. The molecule has 8 nitrogen and oxygen atoms in total. The molecule has 9 heteroatoms. The van der Waals surface area contributed by atoms with Crippen LogP contribution in [0.4, 0.5) is 5.69 Å². The number of carbonyl (C=O) groups is 1. The smallest absolute Gasteiger partial charge is 0.286 e. The Labute approximate surface area is 133 Å². The van der Waals surface area contributed by atoms with Crippen LogP contribution in [0.25, 0.3) is 0 Å². The number of nitrogens with zero attached hydrogens (tertiary/aromatic N) is 4. The summed E-state index contributed by atoms with van der Waals surface area (Å²) in [5.74, 6) is -0.661. The van der Waals surface area contributed by atoms with E-state index in [1.54, 1.807) is 18.2 Å². The number of amides is 1. The van der Waals surface area contributed by atoms with Crippen molar-refractivity contribution >= 4 is 26.5 Å². The zero-order valence-electron chi connectivity index (χ0n) is 12.2. The lowest BCUT2D eigenvalue weighted by molar-refractivity contribution is -0.127. The standard InChI is InChI=1S/C14H14N4O4S/c15-5-6-18-11-3-1-2-4-12(11)23(20,21)13(16-18)14(19)17-7-9-22-10-8-17/h1-4H,6-10H2. The maximum atomic E-state index is 12.7. The number of ether oxygens (including phenoxy) is 1. The summed E-state index contributed by atoms with van der Waals surface area (Å²) in [6.07, 6.45) is 0. The van der Waals surface area contributed by atoms with E-state index in [9.17, 15) is 13.2 Å². The first-order valence-electron chi connectivity index (χ1n) is 7.00. The van der Waals surface area contributed by atoms with E-state index in [2.05, 4.69) is 5.10 Å². The van der Waals surface area contributed by atoms with Crippen LogP contribution in [0.15, 0.2) is 34.3 Å². The molecule has 23 heavy (non-hydrogen) atoms. The van der Waals surface area contributed by atoms with Gasteiger partial charge < -0.3 is 9.64 Å². The molecule has 1 aromatic carbocycles. The van der Waals surface area contributed by atoms with Crippen molar-refractivity contribution < 1.29 is 17.9 Å². The second kappa shape index (κ2) is 5.98. The van der Waals surface area contributed by atoms with Gasteiger partial charge in [-0.2, -0.15) is 10.4 Å². The third-order valence-corrected chi connectivity index (χ3v) is 5.29. The van der Waals surface area contributed by atoms with Crippen molar-refractivity contribution in [2.24, 2.45) is 5.10 Å². The number of anilines is 1. The van der Waals surface area contributed by atoms with Gasteiger partial charge in [-0.05, 0) is 12.1 Å². The Morgan fingerprint density at radius 2 is 2.00 bits per heavy atom. The molecular formula is C14H14N4O4S. The van der Waals surface area contributed by atoms with Crippen LogP contribution in [0.5, 0.6) is 0 Å². The van der Waals surface area contributed by atoms with E-state index in [-0.39, 0.29) is 11.4 Å². The first-order chi connectivity index (χ1) is 11.1. The summed E-state index contributed by atoms with van der Waals surface area (Å²) in [7, 11) is -4.02. The summed E-state index contributed by atoms with van der Waals surface area (Å²) in [6.45, 7) is 1.20. The van der Waals surface area contributed by atoms with Crippen molar-refractivity contribution in [1.29, 1.82) is 5.26 Å². The second-order valence-corrected chi connectivity index (χ2v) is 6.83. The van der Waals surface area contributed by atoms with E-state index >= 15 is 0 Å². The number of fused-ring (bicyclic) bond motifs is 1. The monoisotopic (exact) mass is 334 g/mol. The van der Waals surface area contributed by atoms with Gasteiger partial charge in [0, 0.05) is 13.1 Å². The van der Waals surface area contributed by atoms with E-state index < -0.39 is 20.8 Å². The van der Waals surface area contributed by atoms with Crippen LogP contribution in [0.1, 0.15) is 0 Å². The average molecular weight is 334 g/mol. The molecule has 0 spiro atoms. The summed E-state index contributed by atoms with van der Waals surface area (Å²) in [6, 6.07) is 8.12. The van der Waals surface area contributed by atoms with Crippen LogP contribution >= 0.6 is 0 Å². The zero-order chi connectivity index (χ0) is 16.4. The Morgan fingerprint density at radius 3 is 2.70 bits per heavy atom. The number of hydrogen-bond acceptors (Lipinski definition) is 7. The number of para-hydroxylation sites is 1. The van der Waals surface area contributed by atoms with Crippen molar-refractivity contribution in [3.8, 4) is 6.07 Å². The van der Waals surface area contributed by atoms with Gasteiger partial charge in [0.25, 0.3) is 5.91 Å². The second-order valence-electron chi connectivity index (χ2n) is 5.00. The van der Waals surface area contributed by atoms with Gasteiger partial charge in [-0.15, -0.1) is 0 Å². The number of hydrazone groups is 1. The lowest BCUT2D eigenvalue weighted by atomic mass is 10.3. The molecule has 0 unspecified atom stereocenters. The van der Waals surface area contributed by atoms with Crippen LogP contribution in [0, 0.1) is 11.3 Å². The molecule has 1 amide bonds. The van der Waals surface area contributed by atoms with Gasteiger partial charge in [0.1, 0.15) is 6.54 Å². The fourth-order valence-corrected chi connectivity index (χ4v) is 3.95. The molecular weight excluding hydrogens is 320 g/mol. The summed E-state index contributed by atoms with van der Waals surface area (Å²) in [5.41, 5.74) is 0.299. The minimum atomic E-state index is -4.02. The Morgan fingerprint density at radius 1 is 1.30 bits per heavy atom. The molecule has 2 aliphatic rings. The first-order valence-corrected chi connectivity index (χ1v) is 8.48. The van der Waals surface area contributed by atoms with E-state index in [0.29, 0.717) is 32.0 Å². The van der Waals surface area contributed by atoms with Gasteiger partial charge in [-0.25, -0.2) is 13.4 Å². The van der Waals surface area contributed by atoms with Crippen molar-refractivity contribution in [1.82, 2.24) is 4.90 Å². The van der Waals surface area contributed by atoms with Gasteiger partial charge in [-0.1, -0.05) is 12.1 Å². The zero-order valence-corrected chi connectivity index (χ0v) is 13.0. The summed E-state index contributed by atoms with van der Waals surface area (Å²) < 4.78 is 30.6. The predicted molar refractivity (Wildman–Crippen MR) is 81.4 cm³/mol. The minimum Gasteiger partial charge on any atom is -0.378 e. The van der Waals surface area contributed by atoms with E-state index in [1.165, 1.54) is 16.0 Å². The number of hydrogen-bond donors (Lipinski definition) is 0. The molecule has 0 bridgehead atoms. The number of carbonyl (C=O) groups excluding carboxylic acids is 1. The molecule has 0 saturated carbocycles. The van der Waals surface area contributed by atoms with Crippen molar-refractivity contribution in [2.75, 3.05) is 37.9 Å². The third-order valence-electron chi connectivity index (χ3n) is 3.60. The molecule has 3 rings (SSSR count). The Bertz CT molecular complexity index is 806. The largest absolute Gasteiger partial charge is 0.378 e. The average Bonchev–Trinajstić information content (AvgIpc) is 2.58. The summed E-state index contributed by atoms with van der Waals surface area (Å²) in [5, 5.41) is 13.6. The molecule has 0 aromatic heterocycles. The molecule has 0 radical (unpaired) electrons. The SMILES string of the molecule is N#CCN1N=C(C(=O)N2CCOCC2)S(=O)(=O)c2ccccc21. The Kier molecular flexibility index (Phi) is 4.02. The fraction of sp³-hybridized carbons (Fsp3) is 0.357. The topological polar surface area (TPSA) is 103 Å². The molecule has 120 valence electrons. The van der Waals surface area contributed by atoms with Crippen LogP contribution < -0.4 is 5.01 Å². The van der Waals surface area contributed by atoms with Crippen molar-refractivity contribution in [2.45, 2.75) is 4.90 Å². The third kappa shape index (κ3) is 2.67. The summed E-state index contributed by atoms with van der Waals surface area (Å²) >= 11 is 0.